The molecule has 2 aromatic rings. The van der Waals surface area contributed by atoms with Crippen LogP contribution in [0.4, 0.5) is 19.3 Å². The van der Waals surface area contributed by atoms with Gasteiger partial charge in [-0.1, -0.05) is 29.8 Å². The first-order chi connectivity index (χ1) is 11.4. The second-order valence-corrected chi connectivity index (χ2v) is 5.63. The van der Waals surface area contributed by atoms with Crippen molar-refractivity contribution in [3.8, 4) is 5.75 Å². The van der Waals surface area contributed by atoms with Gasteiger partial charge in [0.25, 0.3) is 0 Å². The molecule has 0 saturated heterocycles. The monoisotopic (exact) mass is 354 g/mol. The van der Waals surface area contributed by atoms with E-state index in [4.69, 9.17) is 11.6 Å². The molecular weight excluding hydrogens is 338 g/mol. The molecule has 2 aromatic carbocycles. The normalized spacial score (nSPS) is 10.6. The highest BCUT2D eigenvalue weighted by Crippen LogP contribution is 2.23. The fourth-order valence-electron chi connectivity index (χ4n) is 2.08. The third-order valence-corrected chi connectivity index (χ3v) is 3.83. The van der Waals surface area contributed by atoms with Gasteiger partial charge in [-0.05, 0) is 42.3 Å². The van der Waals surface area contributed by atoms with Crippen LogP contribution in [-0.2, 0) is 6.54 Å². The molecular formula is C17H17ClF2N2O2. The summed E-state index contributed by atoms with van der Waals surface area (Å²) in [5, 5.41) is 3.36. The Morgan fingerprint density at radius 2 is 1.92 bits per heavy atom. The Balaban J connectivity index is 1.97. The molecule has 0 fully saturated rings. The molecule has 0 heterocycles. The van der Waals surface area contributed by atoms with Crippen LogP contribution in [0.25, 0.3) is 0 Å². The summed E-state index contributed by atoms with van der Waals surface area (Å²) in [7, 11) is 1.64. The van der Waals surface area contributed by atoms with Crippen molar-refractivity contribution in [3.05, 3.63) is 58.6 Å². The van der Waals surface area contributed by atoms with Gasteiger partial charge in [-0.15, -0.1) is 0 Å². The highest BCUT2D eigenvalue weighted by Gasteiger charge is 2.12. The number of ether oxygens (including phenoxy) is 1. The first kappa shape index (κ1) is 18.0. The van der Waals surface area contributed by atoms with Crippen LogP contribution in [0.1, 0.15) is 11.1 Å². The average molecular weight is 355 g/mol. The van der Waals surface area contributed by atoms with E-state index in [1.165, 1.54) is 17.0 Å². The number of anilines is 1. The van der Waals surface area contributed by atoms with Crippen molar-refractivity contribution < 1.29 is 18.3 Å². The lowest BCUT2D eigenvalue weighted by atomic mass is 10.2. The van der Waals surface area contributed by atoms with Gasteiger partial charge in [-0.3, -0.25) is 0 Å². The number of hydrogen-bond acceptors (Lipinski definition) is 2. The number of urea groups is 1. The van der Waals surface area contributed by atoms with Crippen LogP contribution in [0, 0.1) is 6.92 Å². The number of carbonyl (C=O) groups is 1. The molecule has 7 heteroatoms. The number of amides is 2. The maximum absolute atomic E-state index is 12.2. The zero-order valence-electron chi connectivity index (χ0n) is 13.2. The number of nitrogens with one attached hydrogen (secondary N) is 1. The number of alkyl halides is 2. The minimum atomic E-state index is -2.86. The lowest BCUT2D eigenvalue weighted by Gasteiger charge is -2.19. The van der Waals surface area contributed by atoms with Gasteiger partial charge in [0.1, 0.15) is 5.75 Å². The molecule has 0 unspecified atom stereocenters. The van der Waals surface area contributed by atoms with Crippen molar-refractivity contribution in [3.63, 3.8) is 0 Å². The summed E-state index contributed by atoms with van der Waals surface area (Å²) < 4.78 is 28.5. The first-order valence-electron chi connectivity index (χ1n) is 7.18. The Labute approximate surface area is 144 Å². The van der Waals surface area contributed by atoms with Crippen molar-refractivity contribution in [1.29, 1.82) is 0 Å². The smallest absolute Gasteiger partial charge is 0.387 e. The SMILES string of the molecule is Cc1c(Cl)cccc1NC(=O)N(C)Cc1ccc(OC(F)F)cc1. The lowest BCUT2D eigenvalue weighted by Crippen LogP contribution is -2.31. The summed E-state index contributed by atoms with van der Waals surface area (Å²) in [4.78, 5) is 13.7. The standard InChI is InChI=1S/C17H17ClF2N2O2/c1-11-14(18)4-3-5-15(11)21-17(23)22(2)10-12-6-8-13(9-7-12)24-16(19)20/h3-9,16H,10H2,1-2H3,(H,21,23). The summed E-state index contributed by atoms with van der Waals surface area (Å²) >= 11 is 6.03. The van der Waals surface area contributed by atoms with Crippen molar-refractivity contribution in [2.24, 2.45) is 0 Å². The zero-order chi connectivity index (χ0) is 17.7. The summed E-state index contributed by atoms with van der Waals surface area (Å²) in [6.45, 7) is -0.717. The van der Waals surface area contributed by atoms with E-state index in [9.17, 15) is 13.6 Å². The molecule has 0 radical (unpaired) electrons. The molecule has 2 rings (SSSR count). The van der Waals surface area contributed by atoms with Crippen LogP contribution in [0.15, 0.2) is 42.5 Å². The van der Waals surface area contributed by atoms with E-state index in [0.717, 1.165) is 11.1 Å². The second kappa shape index (κ2) is 7.97. The largest absolute Gasteiger partial charge is 0.435 e. The molecule has 0 bridgehead atoms. The van der Waals surface area contributed by atoms with Crippen LogP contribution < -0.4 is 10.1 Å². The topological polar surface area (TPSA) is 41.6 Å². The van der Waals surface area contributed by atoms with Crippen LogP contribution in [-0.4, -0.2) is 24.6 Å². The Bertz CT molecular complexity index is 708. The minimum Gasteiger partial charge on any atom is -0.435 e. The number of benzene rings is 2. The summed E-state index contributed by atoms with van der Waals surface area (Å²) in [6.07, 6.45) is 0. The number of rotatable bonds is 5. The molecule has 128 valence electrons. The van der Waals surface area contributed by atoms with Crippen molar-refractivity contribution in [1.82, 2.24) is 4.90 Å². The molecule has 0 aliphatic heterocycles. The predicted octanol–water partition coefficient (Wildman–Crippen LogP) is 4.91. The van der Waals surface area contributed by atoms with Gasteiger partial charge in [-0.2, -0.15) is 8.78 Å². The molecule has 0 spiro atoms. The molecule has 1 N–H and O–H groups in total. The molecule has 2 amide bonds. The van der Waals surface area contributed by atoms with Gasteiger partial charge >= 0.3 is 12.6 Å². The highest BCUT2D eigenvalue weighted by molar-refractivity contribution is 6.31. The maximum Gasteiger partial charge on any atom is 0.387 e. The molecule has 0 atom stereocenters. The molecule has 0 aromatic heterocycles. The fraction of sp³-hybridized carbons (Fsp3) is 0.235. The molecule has 0 aliphatic carbocycles. The first-order valence-corrected chi connectivity index (χ1v) is 7.55. The zero-order valence-corrected chi connectivity index (χ0v) is 14.0. The van der Waals surface area contributed by atoms with Crippen LogP contribution >= 0.6 is 11.6 Å². The van der Waals surface area contributed by atoms with Crippen molar-refractivity contribution in [2.45, 2.75) is 20.1 Å². The van der Waals surface area contributed by atoms with Gasteiger partial charge < -0.3 is 15.0 Å². The van der Waals surface area contributed by atoms with Crippen LogP contribution in [0.5, 0.6) is 5.75 Å². The fourth-order valence-corrected chi connectivity index (χ4v) is 2.25. The third kappa shape index (κ3) is 4.83. The van der Waals surface area contributed by atoms with Crippen LogP contribution in [0.2, 0.25) is 5.02 Å². The molecule has 24 heavy (non-hydrogen) atoms. The lowest BCUT2D eigenvalue weighted by molar-refractivity contribution is -0.0498. The minimum absolute atomic E-state index is 0.0791. The number of halogens is 3. The van der Waals surface area contributed by atoms with Crippen LogP contribution in [0.3, 0.4) is 0 Å². The molecule has 0 aliphatic rings. The summed E-state index contributed by atoms with van der Waals surface area (Å²) in [5.74, 6) is 0.0791. The van der Waals surface area contributed by atoms with Gasteiger partial charge in [0.15, 0.2) is 0 Å². The second-order valence-electron chi connectivity index (χ2n) is 5.22. The Kier molecular flexibility index (Phi) is 5.98. The molecule has 4 nitrogen and oxygen atoms in total. The van der Waals surface area contributed by atoms with E-state index in [-0.39, 0.29) is 11.8 Å². The van der Waals surface area contributed by atoms with Gasteiger partial charge in [0, 0.05) is 24.3 Å². The third-order valence-electron chi connectivity index (χ3n) is 3.42. The maximum atomic E-state index is 12.2. The van der Waals surface area contributed by atoms with Gasteiger partial charge in [0.2, 0.25) is 0 Å². The highest BCUT2D eigenvalue weighted by atomic mass is 35.5. The Hall–Kier alpha value is -2.34. The number of hydrogen-bond donors (Lipinski definition) is 1. The average Bonchev–Trinajstić information content (AvgIpc) is 2.53. The van der Waals surface area contributed by atoms with E-state index in [1.807, 2.05) is 6.92 Å². The van der Waals surface area contributed by atoms with E-state index >= 15 is 0 Å². The quantitative estimate of drug-likeness (QED) is 0.828. The van der Waals surface area contributed by atoms with E-state index in [0.29, 0.717) is 17.3 Å². The Morgan fingerprint density at radius 3 is 2.54 bits per heavy atom. The van der Waals surface area contributed by atoms with E-state index in [2.05, 4.69) is 10.1 Å². The summed E-state index contributed by atoms with van der Waals surface area (Å²) in [5.41, 5.74) is 2.21. The van der Waals surface area contributed by atoms with E-state index < -0.39 is 6.61 Å². The predicted molar refractivity (Wildman–Crippen MR) is 89.7 cm³/mol. The van der Waals surface area contributed by atoms with Crippen molar-refractivity contribution >= 4 is 23.3 Å². The number of nitrogens with zero attached hydrogens (tertiary/aromatic N) is 1. The van der Waals surface area contributed by atoms with Gasteiger partial charge in [-0.25, -0.2) is 4.79 Å². The van der Waals surface area contributed by atoms with E-state index in [1.54, 1.807) is 37.4 Å². The van der Waals surface area contributed by atoms with Crippen molar-refractivity contribution in [2.75, 3.05) is 12.4 Å². The van der Waals surface area contributed by atoms with Gasteiger partial charge in [0.05, 0.1) is 0 Å². The number of carbonyl (C=O) groups excluding carboxylic acids is 1. The Morgan fingerprint density at radius 1 is 1.25 bits per heavy atom. The summed E-state index contributed by atoms with van der Waals surface area (Å²) in [6, 6.07) is 11.1. The molecule has 0 saturated carbocycles.